The van der Waals surface area contributed by atoms with Crippen LogP contribution < -0.4 is 19.9 Å². The highest BCUT2D eigenvalue weighted by Crippen LogP contribution is 2.33. The standard InChI is InChI=1S/C26H26N4O3S/c1-17-5-3-4-6-25(17)33-20-10-12-30(16-20)24-9-11-27-22-8-7-18(13-21(22)24)19-14-23(29-34(2)32)26(31)28-15-19/h3-9,11,13-15,20,29H,10,12,16H2,1-2H3,(H,28,31). The lowest BCUT2D eigenvalue weighted by atomic mass is 10.0. The lowest BCUT2D eigenvalue weighted by Gasteiger charge is -2.21. The number of fused-ring (bicyclic) bond motifs is 1. The van der Waals surface area contributed by atoms with Crippen LogP contribution >= 0.6 is 0 Å². The third-order valence-corrected chi connectivity index (χ3v) is 6.59. The number of pyridine rings is 2. The van der Waals surface area contributed by atoms with E-state index in [2.05, 4.69) is 38.6 Å². The molecule has 2 unspecified atom stereocenters. The van der Waals surface area contributed by atoms with Crippen molar-refractivity contribution in [2.45, 2.75) is 19.4 Å². The van der Waals surface area contributed by atoms with Gasteiger partial charge in [0.15, 0.2) is 0 Å². The second kappa shape index (κ2) is 9.30. The van der Waals surface area contributed by atoms with E-state index in [-0.39, 0.29) is 17.4 Å². The second-order valence-electron chi connectivity index (χ2n) is 8.49. The molecule has 8 heteroatoms. The van der Waals surface area contributed by atoms with E-state index in [0.717, 1.165) is 58.5 Å². The van der Waals surface area contributed by atoms with E-state index < -0.39 is 11.0 Å². The summed E-state index contributed by atoms with van der Waals surface area (Å²) < 4.78 is 20.6. The molecule has 0 aliphatic carbocycles. The van der Waals surface area contributed by atoms with Gasteiger partial charge >= 0.3 is 0 Å². The number of H-pyrrole nitrogens is 1. The van der Waals surface area contributed by atoms with Crippen LogP contribution in [-0.2, 0) is 11.0 Å². The molecule has 1 saturated heterocycles. The summed E-state index contributed by atoms with van der Waals surface area (Å²) in [5.41, 5.74) is 4.89. The quantitative estimate of drug-likeness (QED) is 0.436. The Morgan fingerprint density at radius 1 is 1.15 bits per heavy atom. The molecule has 0 radical (unpaired) electrons. The van der Waals surface area contributed by atoms with Crippen molar-refractivity contribution in [2.75, 3.05) is 29.0 Å². The first-order chi connectivity index (χ1) is 16.5. The molecule has 1 aliphatic rings. The number of benzene rings is 2. The van der Waals surface area contributed by atoms with E-state index in [1.807, 2.05) is 42.6 Å². The Kier molecular flexibility index (Phi) is 6.06. The number of para-hydroxylation sites is 1. The van der Waals surface area contributed by atoms with E-state index in [1.165, 1.54) is 6.26 Å². The average molecular weight is 475 g/mol. The molecule has 5 rings (SSSR count). The lowest BCUT2D eigenvalue weighted by molar-refractivity contribution is 0.223. The van der Waals surface area contributed by atoms with E-state index in [0.29, 0.717) is 0 Å². The predicted octanol–water partition coefficient (Wildman–Crippen LogP) is 4.26. The zero-order valence-electron chi connectivity index (χ0n) is 19.1. The molecule has 2 aromatic carbocycles. The number of nitrogens with zero attached hydrogens (tertiary/aromatic N) is 2. The van der Waals surface area contributed by atoms with E-state index in [9.17, 15) is 9.00 Å². The summed E-state index contributed by atoms with van der Waals surface area (Å²) in [5, 5.41) is 1.04. The summed E-state index contributed by atoms with van der Waals surface area (Å²) in [6.07, 6.45) is 6.07. The van der Waals surface area contributed by atoms with Crippen LogP contribution in [0.25, 0.3) is 22.0 Å². The highest BCUT2D eigenvalue weighted by atomic mass is 32.2. The fourth-order valence-electron chi connectivity index (χ4n) is 4.38. The fourth-order valence-corrected chi connectivity index (χ4v) is 4.84. The van der Waals surface area contributed by atoms with Crippen LogP contribution in [0.5, 0.6) is 5.75 Å². The van der Waals surface area contributed by atoms with Crippen molar-refractivity contribution in [1.82, 2.24) is 9.97 Å². The molecule has 2 N–H and O–H groups in total. The van der Waals surface area contributed by atoms with Gasteiger partial charge in [-0.2, -0.15) is 0 Å². The van der Waals surface area contributed by atoms with Gasteiger partial charge in [0.05, 0.1) is 12.1 Å². The molecule has 7 nitrogen and oxygen atoms in total. The minimum atomic E-state index is -1.34. The lowest BCUT2D eigenvalue weighted by Crippen LogP contribution is -2.24. The molecule has 0 saturated carbocycles. The first-order valence-corrected chi connectivity index (χ1v) is 12.7. The predicted molar refractivity (Wildman–Crippen MR) is 138 cm³/mol. The highest BCUT2D eigenvalue weighted by molar-refractivity contribution is 7.85. The second-order valence-corrected chi connectivity index (χ2v) is 9.60. The van der Waals surface area contributed by atoms with Crippen LogP contribution in [0.1, 0.15) is 12.0 Å². The molecule has 34 heavy (non-hydrogen) atoms. The molecular formula is C26H26N4O3S. The topological polar surface area (TPSA) is 87.3 Å². The maximum Gasteiger partial charge on any atom is 0.272 e. The summed E-state index contributed by atoms with van der Waals surface area (Å²) in [4.78, 5) is 21.7. The Balaban J connectivity index is 1.44. The van der Waals surface area contributed by atoms with Crippen molar-refractivity contribution in [1.29, 1.82) is 0 Å². The Bertz CT molecular complexity index is 1440. The normalized spacial score (nSPS) is 16.5. The summed E-state index contributed by atoms with van der Waals surface area (Å²) >= 11 is 0. The largest absolute Gasteiger partial charge is 0.488 e. The van der Waals surface area contributed by atoms with Gasteiger partial charge in [0.2, 0.25) is 0 Å². The van der Waals surface area contributed by atoms with Crippen molar-refractivity contribution >= 4 is 33.3 Å². The van der Waals surface area contributed by atoms with Gasteiger partial charge in [0.1, 0.15) is 28.5 Å². The molecule has 2 atom stereocenters. The van der Waals surface area contributed by atoms with E-state index in [4.69, 9.17) is 4.74 Å². The minimum absolute atomic E-state index is 0.121. The van der Waals surface area contributed by atoms with Gasteiger partial charge in [-0.15, -0.1) is 0 Å². The third kappa shape index (κ3) is 4.54. The zero-order valence-corrected chi connectivity index (χ0v) is 19.9. The van der Waals surface area contributed by atoms with Crippen LogP contribution in [0.2, 0.25) is 0 Å². The van der Waals surface area contributed by atoms with Crippen LogP contribution in [0, 0.1) is 6.92 Å². The molecule has 0 amide bonds. The Hall–Kier alpha value is -3.65. The van der Waals surface area contributed by atoms with Crippen LogP contribution in [-0.4, -0.2) is 39.6 Å². The molecule has 1 aliphatic heterocycles. The van der Waals surface area contributed by atoms with E-state index >= 15 is 0 Å². The number of aryl methyl sites for hydroxylation is 1. The summed E-state index contributed by atoms with van der Waals surface area (Å²) in [6.45, 7) is 3.76. The van der Waals surface area contributed by atoms with Crippen molar-refractivity contribution in [3.8, 4) is 16.9 Å². The van der Waals surface area contributed by atoms with Crippen molar-refractivity contribution < 1.29 is 8.95 Å². The molecule has 1 fully saturated rings. The first kappa shape index (κ1) is 22.2. The first-order valence-electron chi connectivity index (χ1n) is 11.2. The van der Waals surface area contributed by atoms with Gasteiger partial charge < -0.3 is 19.3 Å². The Labute approximate surface area is 200 Å². The summed E-state index contributed by atoms with van der Waals surface area (Å²) in [7, 11) is -1.34. The van der Waals surface area contributed by atoms with Gasteiger partial charge in [0.25, 0.3) is 5.56 Å². The molecule has 4 aromatic rings. The maximum absolute atomic E-state index is 12.1. The number of aromatic nitrogens is 2. The molecule has 0 spiro atoms. The Morgan fingerprint density at radius 3 is 2.82 bits per heavy atom. The minimum Gasteiger partial charge on any atom is -0.488 e. The SMILES string of the molecule is Cc1ccccc1OC1CCN(c2ccnc3ccc(-c4c[nH]c(=O)c(NS(C)=O)c4)cc23)C1. The number of hydrogen-bond acceptors (Lipinski definition) is 5. The highest BCUT2D eigenvalue weighted by Gasteiger charge is 2.26. The van der Waals surface area contributed by atoms with Crippen LogP contribution in [0.4, 0.5) is 11.4 Å². The van der Waals surface area contributed by atoms with Gasteiger partial charge in [-0.25, -0.2) is 4.21 Å². The third-order valence-electron chi connectivity index (χ3n) is 6.08. The number of nitrogens with one attached hydrogen (secondary N) is 2. The Morgan fingerprint density at radius 2 is 2.00 bits per heavy atom. The average Bonchev–Trinajstić information content (AvgIpc) is 3.29. The number of ether oxygens (including phenoxy) is 1. The molecule has 3 heterocycles. The fraction of sp³-hybridized carbons (Fsp3) is 0.231. The number of rotatable bonds is 6. The number of anilines is 2. The van der Waals surface area contributed by atoms with Gasteiger partial charge in [-0.1, -0.05) is 24.3 Å². The number of hydrogen-bond donors (Lipinski definition) is 2. The van der Waals surface area contributed by atoms with E-state index in [1.54, 1.807) is 12.3 Å². The summed E-state index contributed by atoms with van der Waals surface area (Å²) in [5.74, 6) is 0.937. The van der Waals surface area contributed by atoms with Crippen molar-refractivity contribution in [3.63, 3.8) is 0 Å². The summed E-state index contributed by atoms with van der Waals surface area (Å²) in [6, 6.07) is 17.9. The molecule has 174 valence electrons. The van der Waals surface area contributed by atoms with Crippen LogP contribution in [0.15, 0.2) is 71.8 Å². The monoisotopic (exact) mass is 474 g/mol. The van der Waals surface area contributed by atoms with Gasteiger partial charge in [-0.05, 0) is 48.4 Å². The maximum atomic E-state index is 12.1. The van der Waals surface area contributed by atoms with Crippen molar-refractivity contribution in [3.05, 3.63) is 82.9 Å². The van der Waals surface area contributed by atoms with Crippen molar-refractivity contribution in [2.24, 2.45) is 0 Å². The zero-order chi connectivity index (χ0) is 23.7. The van der Waals surface area contributed by atoms with Gasteiger partial charge in [-0.3, -0.25) is 9.78 Å². The smallest absolute Gasteiger partial charge is 0.272 e. The van der Waals surface area contributed by atoms with Crippen LogP contribution in [0.3, 0.4) is 0 Å². The van der Waals surface area contributed by atoms with Gasteiger partial charge in [0, 0.05) is 48.3 Å². The molecule has 2 aromatic heterocycles. The number of aromatic amines is 1. The molecular weight excluding hydrogens is 448 g/mol. The molecule has 0 bridgehead atoms.